The summed E-state index contributed by atoms with van der Waals surface area (Å²) in [6.07, 6.45) is 11.8. The highest BCUT2D eigenvalue weighted by atomic mass is 16.1. The van der Waals surface area contributed by atoms with Gasteiger partial charge in [0.2, 0.25) is 0 Å². The van der Waals surface area contributed by atoms with E-state index in [0.717, 1.165) is 5.56 Å². The Labute approximate surface area is 122 Å². The predicted molar refractivity (Wildman–Crippen MR) is 78.6 cm³/mol. The largest absolute Gasteiger partial charge is 0.292 e. The van der Waals surface area contributed by atoms with Crippen LogP contribution < -0.4 is 0 Å². The summed E-state index contributed by atoms with van der Waals surface area (Å²) in [5.41, 5.74) is 1.78. The molecule has 3 rings (SSSR count). The highest BCUT2D eigenvalue weighted by Gasteiger charge is 2.08. The fourth-order valence-corrected chi connectivity index (χ4v) is 1.99. The van der Waals surface area contributed by atoms with Crippen molar-refractivity contribution in [3.63, 3.8) is 0 Å². The van der Waals surface area contributed by atoms with E-state index >= 15 is 0 Å². The lowest BCUT2D eigenvalue weighted by molar-refractivity contribution is 0.104. The van der Waals surface area contributed by atoms with Crippen molar-refractivity contribution in [2.45, 2.75) is 6.92 Å². The maximum Gasteiger partial charge on any atom is 0.189 e. The van der Waals surface area contributed by atoms with Gasteiger partial charge in [-0.25, -0.2) is 9.97 Å². The Morgan fingerprint density at radius 2 is 1.57 bits per heavy atom. The van der Waals surface area contributed by atoms with E-state index in [-0.39, 0.29) is 5.78 Å². The van der Waals surface area contributed by atoms with E-state index in [1.54, 1.807) is 52.7 Å². The molecular weight excluding hydrogens is 264 g/mol. The van der Waals surface area contributed by atoms with Crippen molar-refractivity contribution in [2.75, 3.05) is 0 Å². The van der Waals surface area contributed by atoms with Gasteiger partial charge in [-0.3, -0.25) is 13.9 Å². The molecule has 0 aliphatic carbocycles. The summed E-state index contributed by atoms with van der Waals surface area (Å²) >= 11 is 0. The summed E-state index contributed by atoms with van der Waals surface area (Å²) < 4.78 is 3.54. The van der Waals surface area contributed by atoms with Crippen LogP contribution in [-0.2, 0) is 0 Å². The molecule has 5 nitrogen and oxygen atoms in total. The van der Waals surface area contributed by atoms with Crippen molar-refractivity contribution in [1.82, 2.24) is 19.1 Å². The van der Waals surface area contributed by atoms with Gasteiger partial charge in [-0.15, -0.1) is 0 Å². The molecule has 2 heterocycles. The number of rotatable bonds is 4. The summed E-state index contributed by atoms with van der Waals surface area (Å²) in [4.78, 5) is 20.5. The van der Waals surface area contributed by atoms with Gasteiger partial charge in [-0.1, -0.05) is 29.8 Å². The molecule has 0 unspecified atom stereocenters. The normalized spacial score (nSPS) is 10.3. The number of carbonyl (C=O) groups excluding carboxylic acids is 1. The van der Waals surface area contributed by atoms with Crippen molar-refractivity contribution in [3.05, 3.63) is 84.7 Å². The molecule has 5 heteroatoms. The third-order valence-electron chi connectivity index (χ3n) is 3.13. The van der Waals surface area contributed by atoms with Gasteiger partial charge in [0, 0.05) is 36.4 Å². The number of hydrogen-bond donors (Lipinski definition) is 0. The second-order valence-electron chi connectivity index (χ2n) is 4.67. The average molecular weight is 278 g/mol. The maximum absolute atomic E-state index is 12.4. The lowest BCUT2D eigenvalue weighted by atomic mass is 10.1. The van der Waals surface area contributed by atoms with Gasteiger partial charge in [0.1, 0.15) is 18.5 Å². The maximum atomic E-state index is 12.4. The molecule has 0 N–H and O–H groups in total. The van der Waals surface area contributed by atoms with Crippen molar-refractivity contribution in [3.8, 4) is 0 Å². The molecule has 0 aliphatic heterocycles. The van der Waals surface area contributed by atoms with E-state index in [1.807, 2.05) is 31.2 Å². The number of ketones is 1. The van der Waals surface area contributed by atoms with Crippen molar-refractivity contribution in [2.24, 2.45) is 0 Å². The molecule has 1 aromatic carbocycles. The minimum Gasteiger partial charge on any atom is -0.292 e. The molecule has 0 radical (unpaired) electrons. The highest BCUT2D eigenvalue weighted by molar-refractivity contribution is 6.04. The molecule has 0 saturated carbocycles. The number of carbonyl (C=O) groups is 1. The van der Waals surface area contributed by atoms with Crippen LogP contribution in [0.5, 0.6) is 0 Å². The Kier molecular flexibility index (Phi) is 3.47. The molecule has 0 amide bonds. The molecule has 104 valence electrons. The zero-order valence-corrected chi connectivity index (χ0v) is 11.5. The lowest BCUT2D eigenvalue weighted by Crippen LogP contribution is -2.11. The molecule has 0 atom stereocenters. The van der Waals surface area contributed by atoms with Gasteiger partial charge in [0.25, 0.3) is 0 Å². The van der Waals surface area contributed by atoms with Gasteiger partial charge in [-0.05, 0) is 6.92 Å². The second kappa shape index (κ2) is 5.58. The lowest BCUT2D eigenvalue weighted by Gasteiger charge is -2.09. The predicted octanol–water partition coefficient (Wildman–Crippen LogP) is 2.43. The Balaban J connectivity index is 2.00. The number of aromatic nitrogens is 4. The zero-order chi connectivity index (χ0) is 14.7. The minimum atomic E-state index is -0.0626. The van der Waals surface area contributed by atoms with Crippen molar-refractivity contribution < 1.29 is 4.79 Å². The Bertz CT molecular complexity index is 717. The van der Waals surface area contributed by atoms with Crippen LogP contribution in [0, 0.1) is 12.7 Å². The molecular formula is C16H14N4O. The first-order valence-corrected chi connectivity index (χ1v) is 6.53. The van der Waals surface area contributed by atoms with Crippen molar-refractivity contribution >= 4 is 5.78 Å². The van der Waals surface area contributed by atoms with Gasteiger partial charge >= 0.3 is 0 Å². The summed E-state index contributed by atoms with van der Waals surface area (Å²) in [5.74, 6) is 0.614. The van der Waals surface area contributed by atoms with Gasteiger partial charge in [0.15, 0.2) is 5.78 Å². The summed E-state index contributed by atoms with van der Waals surface area (Å²) in [7, 11) is 0. The van der Waals surface area contributed by atoms with Crippen LogP contribution in [0.15, 0.2) is 67.8 Å². The van der Waals surface area contributed by atoms with Crippen LogP contribution in [0.4, 0.5) is 0 Å². The SMILES string of the molecule is Cc1ccc(C(=O)C=C(n2ccnc2)n2ccnc2)cc1. The topological polar surface area (TPSA) is 52.7 Å². The van der Waals surface area contributed by atoms with Gasteiger partial charge in [0.05, 0.1) is 0 Å². The van der Waals surface area contributed by atoms with Crippen LogP contribution in [0.3, 0.4) is 0 Å². The molecule has 21 heavy (non-hydrogen) atoms. The monoisotopic (exact) mass is 278 g/mol. The fraction of sp³-hybridized carbons (Fsp3) is 0.0625. The first-order chi connectivity index (χ1) is 10.2. The van der Waals surface area contributed by atoms with E-state index < -0.39 is 0 Å². The number of aryl methyl sites for hydroxylation is 1. The van der Waals surface area contributed by atoms with Crippen LogP contribution >= 0.6 is 0 Å². The average Bonchev–Trinajstić information content (AvgIpc) is 3.19. The second-order valence-corrected chi connectivity index (χ2v) is 4.67. The smallest absolute Gasteiger partial charge is 0.189 e. The van der Waals surface area contributed by atoms with Gasteiger partial charge in [-0.2, -0.15) is 0 Å². The molecule has 0 aliphatic rings. The Morgan fingerprint density at radius 1 is 1.00 bits per heavy atom. The van der Waals surface area contributed by atoms with Gasteiger partial charge < -0.3 is 0 Å². The number of nitrogens with zero attached hydrogens (tertiary/aromatic N) is 4. The third-order valence-corrected chi connectivity index (χ3v) is 3.13. The Morgan fingerprint density at radius 3 is 2.05 bits per heavy atom. The van der Waals surface area contributed by atoms with E-state index in [4.69, 9.17) is 0 Å². The number of imidazole rings is 2. The van der Waals surface area contributed by atoms with Crippen LogP contribution in [0.25, 0.3) is 0 Å². The quantitative estimate of drug-likeness (QED) is 0.544. The standard InChI is InChI=1S/C16H14N4O/c1-13-2-4-14(5-3-13)15(21)10-16(19-8-6-17-11-19)20-9-7-18-12-20/h2-12H,1H3. The zero-order valence-electron chi connectivity index (χ0n) is 11.5. The first kappa shape index (κ1) is 13.1. The molecule has 0 saturated heterocycles. The van der Waals surface area contributed by atoms with Crippen LogP contribution in [0.1, 0.15) is 15.9 Å². The fourth-order valence-electron chi connectivity index (χ4n) is 1.99. The summed E-state index contributed by atoms with van der Waals surface area (Å²) in [5, 5.41) is 0. The summed E-state index contributed by atoms with van der Waals surface area (Å²) in [6, 6.07) is 7.51. The number of benzene rings is 1. The Hall–Kier alpha value is -2.95. The van der Waals surface area contributed by atoms with E-state index in [0.29, 0.717) is 11.4 Å². The number of hydrogen-bond acceptors (Lipinski definition) is 3. The molecule has 2 aromatic heterocycles. The highest BCUT2D eigenvalue weighted by Crippen LogP contribution is 2.08. The van der Waals surface area contributed by atoms with Crippen LogP contribution in [-0.4, -0.2) is 24.9 Å². The molecule has 0 fully saturated rings. The first-order valence-electron chi connectivity index (χ1n) is 6.53. The third kappa shape index (κ3) is 2.81. The molecule has 0 bridgehead atoms. The van der Waals surface area contributed by atoms with E-state index in [2.05, 4.69) is 9.97 Å². The van der Waals surface area contributed by atoms with Crippen LogP contribution in [0.2, 0.25) is 0 Å². The van der Waals surface area contributed by atoms with E-state index in [9.17, 15) is 4.79 Å². The molecule has 0 spiro atoms. The summed E-state index contributed by atoms with van der Waals surface area (Å²) in [6.45, 7) is 1.99. The van der Waals surface area contributed by atoms with E-state index in [1.165, 1.54) is 0 Å². The minimum absolute atomic E-state index is 0.0626. The molecule has 3 aromatic rings. The number of allylic oxidation sites excluding steroid dienone is 1. The van der Waals surface area contributed by atoms with Crippen molar-refractivity contribution in [1.29, 1.82) is 0 Å².